The highest BCUT2D eigenvalue weighted by atomic mass is 32.2. The van der Waals surface area contributed by atoms with Gasteiger partial charge in [0, 0.05) is 38.1 Å². The second kappa shape index (κ2) is 9.87. The van der Waals surface area contributed by atoms with Gasteiger partial charge in [0.2, 0.25) is 15.9 Å². The maximum atomic E-state index is 13.3. The van der Waals surface area contributed by atoms with Gasteiger partial charge in [-0.05, 0) is 50.8 Å². The first-order valence-corrected chi connectivity index (χ1v) is 12.3. The number of rotatable bonds is 6. The van der Waals surface area contributed by atoms with Crippen LogP contribution in [-0.2, 0) is 21.0 Å². The molecule has 31 heavy (non-hydrogen) atoms. The Labute approximate surface area is 181 Å². The number of benzene rings is 1. The quantitative estimate of drug-likeness (QED) is 0.707. The highest BCUT2D eigenvalue weighted by Crippen LogP contribution is 2.36. The molecule has 1 aromatic carbocycles. The maximum Gasteiger partial charge on any atom is 0.417 e. The minimum absolute atomic E-state index is 0.0293. The van der Waals surface area contributed by atoms with Gasteiger partial charge in [0.05, 0.1) is 10.5 Å². The van der Waals surface area contributed by atoms with Crippen molar-refractivity contribution < 1.29 is 26.4 Å². The van der Waals surface area contributed by atoms with Crippen molar-refractivity contribution >= 4 is 15.9 Å². The van der Waals surface area contributed by atoms with Crippen molar-refractivity contribution in [2.24, 2.45) is 5.92 Å². The Morgan fingerprint density at radius 1 is 1.06 bits per heavy atom. The first-order chi connectivity index (χ1) is 14.6. The normalized spacial score (nSPS) is 20.6. The lowest BCUT2D eigenvalue weighted by Gasteiger charge is -2.34. The van der Waals surface area contributed by atoms with E-state index in [9.17, 15) is 26.4 Å². The van der Waals surface area contributed by atoms with Crippen LogP contribution in [-0.4, -0.2) is 62.3 Å². The molecular weight excluding hydrogens is 431 g/mol. The molecule has 1 amide bonds. The second-order valence-corrected chi connectivity index (χ2v) is 10.2. The monoisotopic (exact) mass is 461 g/mol. The summed E-state index contributed by atoms with van der Waals surface area (Å²) in [6, 6.07) is 4.35. The van der Waals surface area contributed by atoms with Gasteiger partial charge in [-0.1, -0.05) is 19.1 Å². The predicted octanol–water partition coefficient (Wildman–Crippen LogP) is 3.10. The van der Waals surface area contributed by atoms with Crippen molar-refractivity contribution in [3.63, 3.8) is 0 Å². The van der Waals surface area contributed by atoms with Crippen LogP contribution in [0.25, 0.3) is 0 Å². The molecule has 2 saturated heterocycles. The summed E-state index contributed by atoms with van der Waals surface area (Å²) in [6.45, 7) is 5.17. The fourth-order valence-corrected chi connectivity index (χ4v) is 6.04. The molecule has 0 radical (unpaired) electrons. The molecule has 0 saturated carbocycles. The fourth-order valence-electron chi connectivity index (χ4n) is 4.36. The Morgan fingerprint density at radius 2 is 1.68 bits per heavy atom. The summed E-state index contributed by atoms with van der Waals surface area (Å²) < 4.78 is 66.6. The minimum Gasteiger partial charge on any atom is -0.353 e. The third kappa shape index (κ3) is 5.78. The van der Waals surface area contributed by atoms with E-state index in [4.69, 9.17) is 0 Å². The Balaban J connectivity index is 1.57. The molecule has 10 heteroatoms. The lowest BCUT2D eigenvalue weighted by atomic mass is 9.96. The zero-order chi connectivity index (χ0) is 22.6. The van der Waals surface area contributed by atoms with Gasteiger partial charge in [-0.25, -0.2) is 8.42 Å². The Kier molecular flexibility index (Phi) is 7.64. The average molecular weight is 462 g/mol. The van der Waals surface area contributed by atoms with E-state index in [0.29, 0.717) is 12.8 Å². The van der Waals surface area contributed by atoms with Crippen LogP contribution in [0.15, 0.2) is 29.2 Å². The van der Waals surface area contributed by atoms with Gasteiger partial charge in [0.1, 0.15) is 0 Å². The average Bonchev–Trinajstić information content (AvgIpc) is 2.75. The van der Waals surface area contributed by atoms with Gasteiger partial charge in [-0.3, -0.25) is 4.79 Å². The molecule has 1 N–H and O–H groups in total. The standard InChI is InChI=1S/C21H30F3N3O3S/c1-2-11-26-12-9-17(10-13-26)25-20(28)16-7-14-27(15-8-16)31(29,30)19-6-4-3-5-18(19)21(22,23)24/h3-6,16-17H,2,7-15H2,1H3,(H,25,28). The number of nitrogens with zero attached hydrogens (tertiary/aromatic N) is 2. The number of hydrogen-bond donors (Lipinski definition) is 1. The van der Waals surface area contributed by atoms with Crippen LogP contribution in [0, 0.1) is 5.92 Å². The zero-order valence-corrected chi connectivity index (χ0v) is 18.5. The van der Waals surface area contributed by atoms with E-state index in [1.807, 2.05) is 0 Å². The molecule has 6 nitrogen and oxygen atoms in total. The molecule has 0 atom stereocenters. The second-order valence-electron chi connectivity index (χ2n) is 8.30. The number of hydrogen-bond acceptors (Lipinski definition) is 4. The molecule has 174 valence electrons. The number of alkyl halides is 3. The van der Waals surface area contributed by atoms with Gasteiger partial charge in [-0.2, -0.15) is 17.5 Å². The lowest BCUT2D eigenvalue weighted by Crippen LogP contribution is -2.48. The molecule has 0 aliphatic carbocycles. The summed E-state index contributed by atoms with van der Waals surface area (Å²) in [5.74, 6) is -0.403. The largest absolute Gasteiger partial charge is 0.417 e. The van der Waals surface area contributed by atoms with E-state index in [-0.39, 0.29) is 31.0 Å². The maximum absolute atomic E-state index is 13.3. The van der Waals surface area contributed by atoms with E-state index < -0.39 is 26.7 Å². The summed E-state index contributed by atoms with van der Waals surface area (Å²) in [5, 5.41) is 3.08. The molecule has 1 aromatic rings. The van der Waals surface area contributed by atoms with Crippen molar-refractivity contribution in [2.75, 3.05) is 32.7 Å². The number of piperidine rings is 2. The van der Waals surface area contributed by atoms with Crippen LogP contribution < -0.4 is 5.32 Å². The smallest absolute Gasteiger partial charge is 0.353 e. The van der Waals surface area contributed by atoms with Crippen LogP contribution in [0.4, 0.5) is 13.2 Å². The minimum atomic E-state index is -4.76. The van der Waals surface area contributed by atoms with Crippen molar-refractivity contribution in [3.8, 4) is 0 Å². The summed E-state index contributed by atoms with van der Waals surface area (Å²) in [5.41, 5.74) is -1.16. The number of amides is 1. The number of halogens is 3. The van der Waals surface area contributed by atoms with Crippen molar-refractivity contribution in [1.82, 2.24) is 14.5 Å². The number of likely N-dealkylation sites (tertiary alicyclic amines) is 1. The Bertz CT molecular complexity index is 860. The van der Waals surface area contributed by atoms with Gasteiger partial charge in [-0.15, -0.1) is 0 Å². The molecule has 0 spiro atoms. The molecule has 0 bridgehead atoms. The van der Waals surface area contributed by atoms with Gasteiger partial charge in [0.15, 0.2) is 0 Å². The topological polar surface area (TPSA) is 69.7 Å². The zero-order valence-electron chi connectivity index (χ0n) is 17.7. The number of sulfonamides is 1. The molecule has 3 rings (SSSR count). The SMILES string of the molecule is CCCN1CCC(NC(=O)C2CCN(S(=O)(=O)c3ccccc3C(F)(F)F)CC2)CC1. The fraction of sp³-hybridized carbons (Fsp3) is 0.667. The summed E-state index contributed by atoms with van der Waals surface area (Å²) in [6.07, 6.45) is -1.26. The molecule has 0 aromatic heterocycles. The summed E-state index contributed by atoms with van der Waals surface area (Å²) >= 11 is 0. The predicted molar refractivity (Wildman–Crippen MR) is 111 cm³/mol. The van der Waals surface area contributed by atoms with Gasteiger partial charge in [0.25, 0.3) is 0 Å². The van der Waals surface area contributed by atoms with Crippen molar-refractivity contribution in [2.45, 2.75) is 56.1 Å². The molecule has 2 heterocycles. The highest BCUT2D eigenvalue weighted by Gasteiger charge is 2.40. The van der Waals surface area contributed by atoms with E-state index in [1.165, 1.54) is 12.1 Å². The number of carbonyl (C=O) groups is 1. The number of nitrogens with one attached hydrogen (secondary N) is 1. The van der Waals surface area contributed by atoms with E-state index in [2.05, 4.69) is 17.1 Å². The van der Waals surface area contributed by atoms with Gasteiger partial charge < -0.3 is 10.2 Å². The molecule has 2 aliphatic rings. The molecule has 0 unspecified atom stereocenters. The van der Waals surface area contributed by atoms with E-state index in [0.717, 1.165) is 55.3 Å². The van der Waals surface area contributed by atoms with Gasteiger partial charge >= 0.3 is 6.18 Å². The molecular formula is C21H30F3N3O3S. The van der Waals surface area contributed by atoms with Crippen LogP contribution in [0.1, 0.15) is 44.6 Å². The molecule has 2 fully saturated rings. The first kappa shape index (κ1) is 24.0. The van der Waals surface area contributed by atoms with Crippen molar-refractivity contribution in [1.29, 1.82) is 0 Å². The van der Waals surface area contributed by atoms with Crippen molar-refractivity contribution in [3.05, 3.63) is 29.8 Å². The number of carbonyl (C=O) groups excluding carboxylic acids is 1. The first-order valence-electron chi connectivity index (χ1n) is 10.8. The van der Waals surface area contributed by atoms with Crippen LogP contribution in [0.3, 0.4) is 0 Å². The third-order valence-corrected chi connectivity index (χ3v) is 8.07. The lowest BCUT2D eigenvalue weighted by molar-refractivity contribution is -0.139. The van der Waals surface area contributed by atoms with Crippen LogP contribution in [0.5, 0.6) is 0 Å². The van der Waals surface area contributed by atoms with E-state index >= 15 is 0 Å². The Hall–Kier alpha value is -1.65. The Morgan fingerprint density at radius 3 is 2.26 bits per heavy atom. The third-order valence-electron chi connectivity index (χ3n) is 6.11. The van der Waals surface area contributed by atoms with Crippen LogP contribution >= 0.6 is 0 Å². The summed E-state index contributed by atoms with van der Waals surface area (Å²) in [4.78, 5) is 14.3. The highest BCUT2D eigenvalue weighted by molar-refractivity contribution is 7.89. The van der Waals surface area contributed by atoms with Crippen LogP contribution in [0.2, 0.25) is 0 Å². The van der Waals surface area contributed by atoms with E-state index in [1.54, 1.807) is 0 Å². The summed E-state index contributed by atoms with van der Waals surface area (Å²) in [7, 11) is -4.29. The molecule has 2 aliphatic heterocycles.